The quantitative estimate of drug-likeness (QED) is 0.716. The summed E-state index contributed by atoms with van der Waals surface area (Å²) in [6.07, 6.45) is 6.79. The third-order valence-corrected chi connectivity index (χ3v) is 5.09. The van der Waals surface area contributed by atoms with Crippen LogP contribution in [0.4, 0.5) is 0 Å². The molecule has 1 fully saturated rings. The molecular formula is C18H28BrN3O2. The number of aromatic nitrogens is 1. The van der Waals surface area contributed by atoms with Crippen LogP contribution >= 0.6 is 15.9 Å². The molecule has 1 aromatic rings. The van der Waals surface area contributed by atoms with E-state index in [2.05, 4.69) is 28.2 Å². The lowest BCUT2D eigenvalue weighted by atomic mass is 9.95. The Balaban J connectivity index is 1.83. The van der Waals surface area contributed by atoms with E-state index in [0.29, 0.717) is 18.8 Å². The highest BCUT2D eigenvalue weighted by atomic mass is 79.9. The number of carbonyl (C=O) groups excluding carboxylic acids is 2. The van der Waals surface area contributed by atoms with Gasteiger partial charge < -0.3 is 14.8 Å². The lowest BCUT2D eigenvalue weighted by molar-refractivity contribution is -0.126. The first-order valence-corrected chi connectivity index (χ1v) is 9.78. The van der Waals surface area contributed by atoms with Gasteiger partial charge >= 0.3 is 0 Å². The zero-order valence-corrected chi connectivity index (χ0v) is 16.3. The van der Waals surface area contributed by atoms with Crippen molar-refractivity contribution in [2.24, 2.45) is 5.92 Å². The van der Waals surface area contributed by atoms with Crippen molar-refractivity contribution in [2.45, 2.75) is 52.5 Å². The fourth-order valence-electron chi connectivity index (χ4n) is 3.15. The molecule has 0 saturated carbocycles. The van der Waals surface area contributed by atoms with Crippen molar-refractivity contribution >= 4 is 27.7 Å². The Hall–Kier alpha value is -1.30. The molecule has 2 heterocycles. The van der Waals surface area contributed by atoms with Crippen molar-refractivity contribution in [3.63, 3.8) is 0 Å². The maximum atomic E-state index is 12.7. The van der Waals surface area contributed by atoms with E-state index in [9.17, 15) is 9.59 Å². The average Bonchev–Trinajstić information content (AvgIpc) is 2.99. The third-order valence-electron chi connectivity index (χ3n) is 4.66. The molecule has 0 spiro atoms. The zero-order valence-electron chi connectivity index (χ0n) is 14.7. The molecule has 1 aliphatic rings. The van der Waals surface area contributed by atoms with Crippen molar-refractivity contribution in [3.05, 3.63) is 22.4 Å². The fourth-order valence-corrected chi connectivity index (χ4v) is 3.62. The maximum Gasteiger partial charge on any atom is 0.270 e. The summed E-state index contributed by atoms with van der Waals surface area (Å²) in [6.45, 7) is 7.02. The third kappa shape index (κ3) is 4.85. The van der Waals surface area contributed by atoms with E-state index in [1.807, 2.05) is 28.7 Å². The number of hydrogen-bond acceptors (Lipinski definition) is 2. The molecule has 1 N–H and O–H groups in total. The van der Waals surface area contributed by atoms with Gasteiger partial charge in [0, 0.05) is 42.8 Å². The summed E-state index contributed by atoms with van der Waals surface area (Å²) in [4.78, 5) is 26.8. The molecule has 1 aliphatic heterocycles. The highest BCUT2D eigenvalue weighted by Gasteiger charge is 2.28. The van der Waals surface area contributed by atoms with Gasteiger partial charge in [-0.1, -0.05) is 19.8 Å². The van der Waals surface area contributed by atoms with Crippen LogP contribution in [0.3, 0.4) is 0 Å². The number of aryl methyl sites for hydroxylation is 1. The number of rotatable bonds is 7. The molecule has 24 heavy (non-hydrogen) atoms. The van der Waals surface area contributed by atoms with Crippen LogP contribution in [0.1, 0.15) is 56.4 Å². The number of amides is 2. The number of piperidine rings is 1. The first kappa shape index (κ1) is 19.0. The van der Waals surface area contributed by atoms with E-state index in [-0.39, 0.29) is 17.7 Å². The normalized spacial score (nSPS) is 15.5. The Labute approximate surface area is 152 Å². The minimum Gasteiger partial charge on any atom is -0.356 e. The van der Waals surface area contributed by atoms with Crippen LogP contribution in [0.25, 0.3) is 0 Å². The van der Waals surface area contributed by atoms with Crippen molar-refractivity contribution in [2.75, 3.05) is 19.6 Å². The number of likely N-dealkylation sites (tertiary alicyclic amines) is 1. The molecule has 5 nitrogen and oxygen atoms in total. The smallest absolute Gasteiger partial charge is 0.270 e. The minimum atomic E-state index is 0.0420. The topological polar surface area (TPSA) is 54.3 Å². The van der Waals surface area contributed by atoms with Crippen molar-refractivity contribution < 1.29 is 9.59 Å². The first-order chi connectivity index (χ1) is 11.6. The number of halogens is 1. The molecule has 2 rings (SSSR count). The van der Waals surface area contributed by atoms with Gasteiger partial charge in [0.1, 0.15) is 5.69 Å². The summed E-state index contributed by atoms with van der Waals surface area (Å²) in [6, 6.07) is 1.87. The van der Waals surface area contributed by atoms with Crippen molar-refractivity contribution in [1.82, 2.24) is 14.8 Å². The zero-order chi connectivity index (χ0) is 17.5. The molecule has 0 aromatic carbocycles. The second-order valence-corrected chi connectivity index (χ2v) is 7.31. The maximum absolute atomic E-state index is 12.7. The molecule has 1 aromatic heterocycles. The van der Waals surface area contributed by atoms with Crippen LogP contribution < -0.4 is 5.32 Å². The Morgan fingerprint density at radius 2 is 1.96 bits per heavy atom. The standard InChI is InChI=1S/C18H28BrN3O2/c1-3-5-6-9-20-17(23)14-7-10-22(11-8-14)18(24)16-12-15(19)13-21(16)4-2/h12-14H,3-11H2,1-2H3,(H,20,23). The highest BCUT2D eigenvalue weighted by Crippen LogP contribution is 2.22. The van der Waals surface area contributed by atoms with E-state index < -0.39 is 0 Å². The Morgan fingerprint density at radius 1 is 1.25 bits per heavy atom. The lowest BCUT2D eigenvalue weighted by Gasteiger charge is -2.31. The van der Waals surface area contributed by atoms with E-state index in [1.165, 1.54) is 0 Å². The van der Waals surface area contributed by atoms with Gasteiger partial charge in [0.2, 0.25) is 5.91 Å². The van der Waals surface area contributed by atoms with Crippen molar-refractivity contribution in [1.29, 1.82) is 0 Å². The van der Waals surface area contributed by atoms with Gasteiger partial charge in [-0.15, -0.1) is 0 Å². The number of unbranched alkanes of at least 4 members (excludes halogenated alkanes) is 2. The van der Waals surface area contributed by atoms with Crippen LogP contribution in [-0.4, -0.2) is 40.9 Å². The molecular weight excluding hydrogens is 370 g/mol. The minimum absolute atomic E-state index is 0.0420. The first-order valence-electron chi connectivity index (χ1n) is 8.99. The summed E-state index contributed by atoms with van der Waals surface area (Å²) < 4.78 is 2.88. The Bertz CT molecular complexity index is 563. The summed E-state index contributed by atoms with van der Waals surface area (Å²) in [7, 11) is 0. The summed E-state index contributed by atoms with van der Waals surface area (Å²) >= 11 is 3.44. The van der Waals surface area contributed by atoms with E-state index in [1.54, 1.807) is 0 Å². The van der Waals surface area contributed by atoms with Crippen LogP contribution in [-0.2, 0) is 11.3 Å². The van der Waals surface area contributed by atoms with Gasteiger partial charge in [-0.2, -0.15) is 0 Å². The number of hydrogen-bond donors (Lipinski definition) is 1. The fraction of sp³-hybridized carbons (Fsp3) is 0.667. The van der Waals surface area contributed by atoms with Crippen LogP contribution in [0.15, 0.2) is 16.7 Å². The molecule has 0 radical (unpaired) electrons. The largest absolute Gasteiger partial charge is 0.356 e. The van der Waals surface area contributed by atoms with Gasteiger partial charge in [0.15, 0.2) is 0 Å². The van der Waals surface area contributed by atoms with E-state index in [0.717, 1.165) is 49.7 Å². The molecule has 134 valence electrons. The molecule has 0 atom stereocenters. The molecule has 0 unspecified atom stereocenters. The van der Waals surface area contributed by atoms with E-state index in [4.69, 9.17) is 0 Å². The summed E-state index contributed by atoms with van der Waals surface area (Å²) in [5, 5.41) is 3.03. The summed E-state index contributed by atoms with van der Waals surface area (Å²) in [5.74, 6) is 0.252. The van der Waals surface area contributed by atoms with Crippen LogP contribution in [0, 0.1) is 5.92 Å². The van der Waals surface area contributed by atoms with Gasteiger partial charge in [-0.05, 0) is 48.2 Å². The number of nitrogens with zero attached hydrogens (tertiary/aromatic N) is 2. The van der Waals surface area contributed by atoms with E-state index >= 15 is 0 Å². The second kappa shape index (κ2) is 9.25. The molecule has 6 heteroatoms. The highest BCUT2D eigenvalue weighted by molar-refractivity contribution is 9.10. The van der Waals surface area contributed by atoms with Crippen LogP contribution in [0.2, 0.25) is 0 Å². The second-order valence-electron chi connectivity index (χ2n) is 6.39. The van der Waals surface area contributed by atoms with Gasteiger partial charge in [-0.3, -0.25) is 9.59 Å². The van der Waals surface area contributed by atoms with Gasteiger partial charge in [0.05, 0.1) is 0 Å². The average molecular weight is 398 g/mol. The Morgan fingerprint density at radius 3 is 2.58 bits per heavy atom. The Kier molecular flexibility index (Phi) is 7.34. The monoisotopic (exact) mass is 397 g/mol. The summed E-state index contributed by atoms with van der Waals surface area (Å²) in [5.41, 5.74) is 0.715. The number of carbonyl (C=O) groups is 2. The molecule has 0 aliphatic carbocycles. The molecule has 2 amide bonds. The molecule has 0 bridgehead atoms. The lowest BCUT2D eigenvalue weighted by Crippen LogP contribution is -2.43. The predicted molar refractivity (Wildman–Crippen MR) is 99.0 cm³/mol. The van der Waals surface area contributed by atoms with Gasteiger partial charge in [0.25, 0.3) is 5.91 Å². The SMILES string of the molecule is CCCCCNC(=O)C1CCN(C(=O)c2cc(Br)cn2CC)CC1. The van der Waals surface area contributed by atoms with Gasteiger partial charge in [-0.25, -0.2) is 0 Å². The van der Waals surface area contributed by atoms with Crippen molar-refractivity contribution in [3.8, 4) is 0 Å². The number of nitrogens with one attached hydrogen (secondary N) is 1. The predicted octanol–water partition coefficient (Wildman–Crippen LogP) is 3.43. The molecule has 1 saturated heterocycles. The van der Waals surface area contributed by atoms with Crippen LogP contribution in [0.5, 0.6) is 0 Å².